The largest absolute Gasteiger partial charge is 0.377 e. The van der Waals surface area contributed by atoms with Gasteiger partial charge in [-0.1, -0.05) is 18.5 Å². The normalized spacial score (nSPS) is 20.2. The molecule has 1 amide bonds. The molecule has 5 nitrogen and oxygen atoms in total. The number of morpholine rings is 1. The number of hydrogen-bond donors (Lipinski definition) is 0. The van der Waals surface area contributed by atoms with Crippen LogP contribution in [0.25, 0.3) is 0 Å². The smallest absolute Gasteiger partial charge is 0.276 e. The van der Waals surface area contributed by atoms with E-state index in [0.717, 1.165) is 12.1 Å². The van der Waals surface area contributed by atoms with Crippen LogP contribution in [0.5, 0.6) is 0 Å². The SMILES string of the molecule is CC[C@H]1COCCN1C(=O)c1nn(C)c(C)c1Cl. The van der Waals surface area contributed by atoms with E-state index in [1.807, 2.05) is 18.7 Å². The topological polar surface area (TPSA) is 47.4 Å². The third kappa shape index (κ3) is 2.24. The maximum atomic E-state index is 12.5. The van der Waals surface area contributed by atoms with Gasteiger partial charge in [-0.05, 0) is 13.3 Å². The van der Waals surface area contributed by atoms with Crippen molar-refractivity contribution >= 4 is 17.5 Å². The van der Waals surface area contributed by atoms with Gasteiger partial charge >= 0.3 is 0 Å². The number of aromatic nitrogens is 2. The fraction of sp³-hybridized carbons (Fsp3) is 0.667. The van der Waals surface area contributed by atoms with Gasteiger partial charge in [-0.15, -0.1) is 0 Å². The fourth-order valence-electron chi connectivity index (χ4n) is 2.12. The second kappa shape index (κ2) is 5.28. The van der Waals surface area contributed by atoms with Crippen LogP contribution in [-0.2, 0) is 11.8 Å². The van der Waals surface area contributed by atoms with Crippen LogP contribution in [0.2, 0.25) is 5.02 Å². The number of aryl methyl sites for hydroxylation is 1. The minimum atomic E-state index is -0.0983. The average molecular weight is 272 g/mol. The summed E-state index contributed by atoms with van der Waals surface area (Å²) < 4.78 is 7.03. The molecule has 0 saturated carbocycles. The zero-order valence-electron chi connectivity index (χ0n) is 10.9. The molecule has 0 aliphatic carbocycles. The minimum Gasteiger partial charge on any atom is -0.377 e. The molecular formula is C12H18ClN3O2. The number of rotatable bonds is 2. The molecular weight excluding hydrogens is 254 g/mol. The third-order valence-corrected chi connectivity index (χ3v) is 3.88. The predicted octanol–water partition coefficient (Wildman–Crippen LogP) is 1.63. The molecule has 0 unspecified atom stereocenters. The summed E-state index contributed by atoms with van der Waals surface area (Å²) in [7, 11) is 1.79. The number of ether oxygens (including phenoxy) is 1. The van der Waals surface area contributed by atoms with Gasteiger partial charge in [0.15, 0.2) is 5.69 Å². The Labute approximate surface area is 112 Å². The molecule has 0 spiro atoms. The number of carbonyl (C=O) groups excluding carboxylic acids is 1. The molecule has 1 aromatic rings. The van der Waals surface area contributed by atoms with E-state index < -0.39 is 0 Å². The van der Waals surface area contributed by atoms with Crippen molar-refractivity contribution in [3.8, 4) is 0 Å². The van der Waals surface area contributed by atoms with Crippen LogP contribution in [-0.4, -0.2) is 46.4 Å². The highest BCUT2D eigenvalue weighted by Gasteiger charge is 2.30. The van der Waals surface area contributed by atoms with Gasteiger partial charge in [-0.3, -0.25) is 9.48 Å². The van der Waals surface area contributed by atoms with Crippen molar-refractivity contribution in [1.82, 2.24) is 14.7 Å². The highest BCUT2D eigenvalue weighted by Crippen LogP contribution is 2.22. The maximum absolute atomic E-state index is 12.5. The number of amides is 1. The Bertz CT molecular complexity index is 458. The second-order valence-electron chi connectivity index (χ2n) is 4.51. The molecule has 0 aromatic carbocycles. The Hall–Kier alpha value is -1.07. The summed E-state index contributed by atoms with van der Waals surface area (Å²) in [6.45, 7) is 5.66. The molecule has 1 atom stereocenters. The van der Waals surface area contributed by atoms with Crippen LogP contribution >= 0.6 is 11.6 Å². The molecule has 6 heteroatoms. The molecule has 1 aliphatic heterocycles. The van der Waals surface area contributed by atoms with Gasteiger partial charge in [0.2, 0.25) is 0 Å². The van der Waals surface area contributed by atoms with E-state index in [2.05, 4.69) is 5.10 Å². The molecule has 1 aromatic heterocycles. The number of hydrogen-bond acceptors (Lipinski definition) is 3. The summed E-state index contributed by atoms with van der Waals surface area (Å²) in [4.78, 5) is 14.3. The van der Waals surface area contributed by atoms with Gasteiger partial charge < -0.3 is 9.64 Å². The second-order valence-corrected chi connectivity index (χ2v) is 4.89. The van der Waals surface area contributed by atoms with Crippen molar-refractivity contribution in [3.63, 3.8) is 0 Å². The van der Waals surface area contributed by atoms with Gasteiger partial charge in [-0.2, -0.15) is 5.10 Å². The summed E-state index contributed by atoms with van der Waals surface area (Å²) in [5.41, 5.74) is 1.15. The minimum absolute atomic E-state index is 0.0983. The van der Waals surface area contributed by atoms with Crippen LogP contribution in [0.15, 0.2) is 0 Å². The quantitative estimate of drug-likeness (QED) is 0.821. The van der Waals surface area contributed by atoms with Crippen LogP contribution < -0.4 is 0 Å². The van der Waals surface area contributed by atoms with E-state index in [9.17, 15) is 4.79 Å². The van der Waals surface area contributed by atoms with Crippen molar-refractivity contribution in [1.29, 1.82) is 0 Å². The van der Waals surface area contributed by atoms with Crippen molar-refractivity contribution in [3.05, 3.63) is 16.4 Å². The molecule has 100 valence electrons. The molecule has 1 fully saturated rings. The number of nitrogens with zero attached hydrogens (tertiary/aromatic N) is 3. The van der Waals surface area contributed by atoms with Crippen molar-refractivity contribution in [2.75, 3.05) is 19.8 Å². The van der Waals surface area contributed by atoms with E-state index >= 15 is 0 Å². The first-order chi connectivity index (χ1) is 8.56. The van der Waals surface area contributed by atoms with E-state index in [1.165, 1.54) is 0 Å². The standard InChI is InChI=1S/C12H18ClN3O2/c1-4-9-7-18-6-5-16(9)12(17)11-10(13)8(2)15(3)14-11/h9H,4-7H2,1-3H3/t9-/m0/s1. The Morgan fingerprint density at radius 1 is 1.61 bits per heavy atom. The molecule has 0 N–H and O–H groups in total. The Morgan fingerprint density at radius 3 is 2.89 bits per heavy atom. The Kier molecular flexibility index (Phi) is 3.92. The third-order valence-electron chi connectivity index (χ3n) is 3.42. The zero-order valence-corrected chi connectivity index (χ0v) is 11.7. The monoisotopic (exact) mass is 271 g/mol. The van der Waals surface area contributed by atoms with E-state index in [4.69, 9.17) is 16.3 Å². The first kappa shape index (κ1) is 13.4. The van der Waals surface area contributed by atoms with E-state index in [1.54, 1.807) is 11.7 Å². The van der Waals surface area contributed by atoms with Crippen LogP contribution in [0.1, 0.15) is 29.5 Å². The summed E-state index contributed by atoms with van der Waals surface area (Å²) in [5, 5.41) is 4.65. The fourth-order valence-corrected chi connectivity index (χ4v) is 2.36. The van der Waals surface area contributed by atoms with Crippen molar-refractivity contribution in [2.24, 2.45) is 7.05 Å². The summed E-state index contributed by atoms with van der Waals surface area (Å²) in [6.07, 6.45) is 0.870. The maximum Gasteiger partial charge on any atom is 0.276 e. The highest BCUT2D eigenvalue weighted by atomic mass is 35.5. The number of carbonyl (C=O) groups is 1. The Morgan fingerprint density at radius 2 is 2.33 bits per heavy atom. The highest BCUT2D eigenvalue weighted by molar-refractivity contribution is 6.34. The first-order valence-electron chi connectivity index (χ1n) is 6.14. The van der Waals surface area contributed by atoms with Gasteiger partial charge in [0.25, 0.3) is 5.91 Å². The van der Waals surface area contributed by atoms with E-state index in [-0.39, 0.29) is 11.9 Å². The average Bonchev–Trinajstić information content (AvgIpc) is 2.65. The molecule has 1 aliphatic rings. The lowest BCUT2D eigenvalue weighted by atomic mass is 10.1. The summed E-state index contributed by atoms with van der Waals surface area (Å²) in [6, 6.07) is 0.115. The molecule has 2 heterocycles. The van der Waals surface area contributed by atoms with E-state index in [0.29, 0.717) is 30.5 Å². The van der Waals surface area contributed by atoms with Crippen molar-refractivity contribution < 1.29 is 9.53 Å². The lowest BCUT2D eigenvalue weighted by molar-refractivity contribution is -0.00313. The lowest BCUT2D eigenvalue weighted by Crippen LogP contribution is -2.48. The van der Waals surface area contributed by atoms with Crippen LogP contribution in [0, 0.1) is 6.92 Å². The summed E-state index contributed by atoms with van der Waals surface area (Å²) in [5.74, 6) is -0.0983. The predicted molar refractivity (Wildman–Crippen MR) is 68.9 cm³/mol. The molecule has 2 rings (SSSR count). The van der Waals surface area contributed by atoms with Gasteiger partial charge in [0.1, 0.15) is 0 Å². The molecule has 0 bridgehead atoms. The molecule has 18 heavy (non-hydrogen) atoms. The van der Waals surface area contributed by atoms with Gasteiger partial charge in [0.05, 0.1) is 30.0 Å². The molecule has 1 saturated heterocycles. The van der Waals surface area contributed by atoms with Gasteiger partial charge in [0, 0.05) is 13.6 Å². The zero-order chi connectivity index (χ0) is 13.3. The number of halogens is 1. The van der Waals surface area contributed by atoms with Gasteiger partial charge in [-0.25, -0.2) is 0 Å². The van der Waals surface area contributed by atoms with Crippen LogP contribution in [0.3, 0.4) is 0 Å². The van der Waals surface area contributed by atoms with Crippen LogP contribution in [0.4, 0.5) is 0 Å². The first-order valence-corrected chi connectivity index (χ1v) is 6.51. The molecule has 0 radical (unpaired) electrons. The summed E-state index contributed by atoms with van der Waals surface area (Å²) >= 11 is 6.16. The lowest BCUT2D eigenvalue weighted by Gasteiger charge is -2.34. The van der Waals surface area contributed by atoms with Crippen molar-refractivity contribution in [2.45, 2.75) is 26.3 Å². The Balaban J connectivity index is 2.26.